The zero-order chi connectivity index (χ0) is 20.8. The molecule has 2 aromatic heterocycles. The van der Waals surface area contributed by atoms with Gasteiger partial charge in [-0.2, -0.15) is 13.2 Å². The van der Waals surface area contributed by atoms with Crippen molar-refractivity contribution in [1.82, 2.24) is 14.7 Å². The monoisotopic (exact) mass is 405 g/mol. The van der Waals surface area contributed by atoms with Gasteiger partial charge in [0, 0.05) is 17.4 Å². The fourth-order valence-electron chi connectivity index (χ4n) is 2.93. The summed E-state index contributed by atoms with van der Waals surface area (Å²) in [5, 5.41) is 3.92. The van der Waals surface area contributed by atoms with Crippen LogP contribution in [-0.4, -0.2) is 14.7 Å². The lowest BCUT2D eigenvalue weighted by atomic mass is 10.0. The average Bonchev–Trinajstić information content (AvgIpc) is 3.30. The first kappa shape index (κ1) is 18.9. The van der Waals surface area contributed by atoms with E-state index >= 15 is 0 Å². The van der Waals surface area contributed by atoms with Crippen LogP contribution < -0.4 is 0 Å². The van der Waals surface area contributed by atoms with Gasteiger partial charge in [-0.05, 0) is 49.4 Å². The van der Waals surface area contributed by atoms with Crippen molar-refractivity contribution in [3.8, 4) is 28.2 Å². The lowest BCUT2D eigenvalue weighted by Crippen LogP contribution is -2.04. The molecule has 2 aromatic carbocycles. The van der Waals surface area contributed by atoms with Gasteiger partial charge in [0.05, 0.1) is 23.1 Å². The zero-order valence-electron chi connectivity index (χ0n) is 14.8. The van der Waals surface area contributed by atoms with E-state index in [1.165, 1.54) is 29.1 Å². The molecule has 0 aliphatic carbocycles. The van der Waals surface area contributed by atoms with Crippen molar-refractivity contribution in [2.24, 2.45) is 0 Å². The van der Waals surface area contributed by atoms with Crippen molar-refractivity contribution in [1.29, 1.82) is 0 Å². The number of aromatic nitrogens is 3. The van der Waals surface area contributed by atoms with E-state index in [4.69, 9.17) is 4.52 Å². The van der Waals surface area contributed by atoms with Gasteiger partial charge < -0.3 is 9.09 Å². The Balaban J connectivity index is 1.72. The molecule has 148 valence electrons. The van der Waals surface area contributed by atoms with Gasteiger partial charge in [0.25, 0.3) is 0 Å². The van der Waals surface area contributed by atoms with Crippen LogP contribution in [0.5, 0.6) is 0 Å². The maximum atomic E-state index is 13.6. The number of hydrogen-bond acceptors (Lipinski definition) is 3. The normalized spacial score (nSPS) is 11.8. The van der Waals surface area contributed by atoms with E-state index in [0.29, 0.717) is 28.3 Å². The Bertz CT molecular complexity index is 1180. The summed E-state index contributed by atoms with van der Waals surface area (Å²) in [6.45, 7) is 1.64. The smallest absolute Gasteiger partial charge is 0.360 e. The van der Waals surface area contributed by atoms with E-state index in [-0.39, 0.29) is 5.69 Å². The minimum absolute atomic E-state index is 0.277. The summed E-state index contributed by atoms with van der Waals surface area (Å²) in [6, 6.07) is 7.96. The molecule has 0 bridgehead atoms. The second kappa shape index (κ2) is 6.84. The second-order valence-corrected chi connectivity index (χ2v) is 6.30. The van der Waals surface area contributed by atoms with Crippen molar-refractivity contribution in [3.05, 3.63) is 77.9 Å². The lowest BCUT2D eigenvalue weighted by molar-refractivity contribution is -0.137. The molecule has 0 aliphatic rings. The molecule has 0 aliphatic heterocycles. The maximum Gasteiger partial charge on any atom is 0.416 e. The third kappa shape index (κ3) is 3.51. The number of benzene rings is 2. The molecule has 9 heteroatoms. The molecule has 0 saturated carbocycles. The zero-order valence-corrected chi connectivity index (χ0v) is 14.8. The van der Waals surface area contributed by atoms with Crippen LogP contribution in [0.4, 0.5) is 22.0 Å². The van der Waals surface area contributed by atoms with Gasteiger partial charge >= 0.3 is 6.18 Å². The highest BCUT2D eigenvalue weighted by molar-refractivity contribution is 5.80. The van der Waals surface area contributed by atoms with Crippen LogP contribution in [0.25, 0.3) is 28.2 Å². The molecule has 0 amide bonds. The summed E-state index contributed by atoms with van der Waals surface area (Å²) in [6.07, 6.45) is -1.40. The highest BCUT2D eigenvalue weighted by atomic mass is 19.4. The van der Waals surface area contributed by atoms with E-state index in [9.17, 15) is 22.0 Å². The van der Waals surface area contributed by atoms with Crippen LogP contribution in [0.1, 0.15) is 11.3 Å². The first-order valence-corrected chi connectivity index (χ1v) is 8.38. The number of halogens is 5. The number of alkyl halides is 3. The standard InChI is InChI=1S/C20H12F5N3O/c1-11-18(19(27-29-11)12-2-7-15(21)16(22)8-12)17-9-28(10-26-17)14-5-3-13(4-6-14)20(23,24)25/h2-10H,1H3. The molecule has 0 radical (unpaired) electrons. The predicted molar refractivity (Wildman–Crippen MR) is 94.2 cm³/mol. The molecule has 4 rings (SSSR count). The first-order chi connectivity index (χ1) is 13.7. The Morgan fingerprint density at radius 3 is 2.34 bits per heavy atom. The van der Waals surface area contributed by atoms with Gasteiger partial charge in [-0.25, -0.2) is 13.8 Å². The molecule has 4 aromatic rings. The van der Waals surface area contributed by atoms with Crippen molar-refractivity contribution in [2.75, 3.05) is 0 Å². The molecular formula is C20H12F5N3O. The molecular weight excluding hydrogens is 393 g/mol. The SMILES string of the molecule is Cc1onc(-c2ccc(F)c(F)c2)c1-c1cn(-c2ccc(C(F)(F)F)cc2)cn1. The van der Waals surface area contributed by atoms with E-state index in [0.717, 1.165) is 24.3 Å². The summed E-state index contributed by atoms with van der Waals surface area (Å²) in [4.78, 5) is 4.27. The van der Waals surface area contributed by atoms with Gasteiger partial charge in [-0.1, -0.05) is 5.16 Å². The Hall–Kier alpha value is -3.49. The molecule has 0 atom stereocenters. The van der Waals surface area contributed by atoms with Gasteiger partial charge in [0.1, 0.15) is 11.5 Å². The quantitative estimate of drug-likeness (QED) is 0.405. The van der Waals surface area contributed by atoms with Crippen LogP contribution in [0, 0.1) is 18.6 Å². The van der Waals surface area contributed by atoms with Crippen LogP contribution in [-0.2, 0) is 6.18 Å². The highest BCUT2D eigenvalue weighted by Gasteiger charge is 2.30. The number of aryl methyl sites for hydroxylation is 1. The summed E-state index contributed by atoms with van der Waals surface area (Å²) in [5.41, 5.74) is 1.20. The number of nitrogens with zero attached hydrogens (tertiary/aromatic N) is 3. The minimum atomic E-state index is -4.42. The van der Waals surface area contributed by atoms with Gasteiger partial charge in [0.15, 0.2) is 11.6 Å². The molecule has 2 heterocycles. The topological polar surface area (TPSA) is 43.9 Å². The average molecular weight is 405 g/mol. The summed E-state index contributed by atoms with van der Waals surface area (Å²) in [5.74, 6) is -1.60. The lowest BCUT2D eigenvalue weighted by Gasteiger charge is -2.07. The molecule has 0 fully saturated rings. The largest absolute Gasteiger partial charge is 0.416 e. The van der Waals surface area contributed by atoms with E-state index < -0.39 is 23.4 Å². The summed E-state index contributed by atoms with van der Waals surface area (Å²) >= 11 is 0. The number of rotatable bonds is 3. The fraction of sp³-hybridized carbons (Fsp3) is 0.100. The summed E-state index contributed by atoms with van der Waals surface area (Å²) < 4.78 is 71.8. The Kier molecular flexibility index (Phi) is 4.45. The number of hydrogen-bond donors (Lipinski definition) is 0. The molecule has 0 unspecified atom stereocenters. The molecule has 29 heavy (non-hydrogen) atoms. The van der Waals surface area contributed by atoms with Crippen molar-refractivity contribution < 1.29 is 26.5 Å². The highest BCUT2D eigenvalue weighted by Crippen LogP contribution is 2.34. The van der Waals surface area contributed by atoms with Crippen molar-refractivity contribution >= 4 is 0 Å². The third-order valence-electron chi connectivity index (χ3n) is 4.39. The maximum absolute atomic E-state index is 13.6. The van der Waals surface area contributed by atoms with Gasteiger partial charge in [-0.15, -0.1) is 0 Å². The Labute approximate surface area is 161 Å². The van der Waals surface area contributed by atoms with Crippen LogP contribution in [0.3, 0.4) is 0 Å². The van der Waals surface area contributed by atoms with Crippen molar-refractivity contribution in [2.45, 2.75) is 13.1 Å². The van der Waals surface area contributed by atoms with E-state index in [2.05, 4.69) is 10.1 Å². The second-order valence-electron chi connectivity index (χ2n) is 6.30. The van der Waals surface area contributed by atoms with Gasteiger partial charge in [-0.3, -0.25) is 0 Å². The fourth-order valence-corrected chi connectivity index (χ4v) is 2.93. The van der Waals surface area contributed by atoms with E-state index in [1.807, 2.05) is 0 Å². The Morgan fingerprint density at radius 2 is 1.69 bits per heavy atom. The summed E-state index contributed by atoms with van der Waals surface area (Å²) in [7, 11) is 0. The van der Waals surface area contributed by atoms with Crippen LogP contribution in [0.15, 0.2) is 59.5 Å². The van der Waals surface area contributed by atoms with Crippen molar-refractivity contribution in [3.63, 3.8) is 0 Å². The van der Waals surface area contributed by atoms with E-state index in [1.54, 1.807) is 13.1 Å². The third-order valence-corrected chi connectivity index (χ3v) is 4.39. The molecule has 4 nitrogen and oxygen atoms in total. The van der Waals surface area contributed by atoms with Gasteiger partial charge in [0.2, 0.25) is 0 Å². The predicted octanol–water partition coefficient (Wildman–Crippen LogP) is 5.80. The first-order valence-electron chi connectivity index (χ1n) is 8.38. The molecule has 0 saturated heterocycles. The molecule has 0 spiro atoms. The molecule has 0 N–H and O–H groups in total. The van der Waals surface area contributed by atoms with Crippen LogP contribution >= 0.6 is 0 Å². The minimum Gasteiger partial charge on any atom is -0.360 e. The number of imidazole rings is 1. The Morgan fingerprint density at radius 1 is 0.966 bits per heavy atom. The van der Waals surface area contributed by atoms with Crippen LogP contribution in [0.2, 0.25) is 0 Å².